The van der Waals surface area contributed by atoms with Crippen LogP contribution in [0.5, 0.6) is 5.75 Å². The van der Waals surface area contributed by atoms with E-state index in [0.717, 1.165) is 38.0 Å². The van der Waals surface area contributed by atoms with Crippen LogP contribution in [-0.2, 0) is 0 Å². The molecule has 0 aliphatic rings. The van der Waals surface area contributed by atoms with Crippen LogP contribution in [0.3, 0.4) is 0 Å². The molecule has 0 atom stereocenters. The van der Waals surface area contributed by atoms with Crippen LogP contribution < -0.4 is 10.1 Å². The molecular formula is C17H17N3O2S3. The van der Waals surface area contributed by atoms with E-state index in [2.05, 4.69) is 15.5 Å². The van der Waals surface area contributed by atoms with Gasteiger partial charge in [-0.3, -0.25) is 4.79 Å². The normalized spacial score (nSPS) is 10.6. The number of thiophene rings is 1. The molecule has 0 radical (unpaired) electrons. The molecule has 0 bridgehead atoms. The number of nitrogens with zero attached hydrogens (tertiary/aromatic N) is 2. The topological polar surface area (TPSA) is 64.1 Å². The second-order valence-electron chi connectivity index (χ2n) is 5.08. The number of thioether (sulfide) groups is 1. The summed E-state index contributed by atoms with van der Waals surface area (Å²) in [6, 6.07) is 11.4. The number of carbonyl (C=O) groups is 1. The van der Waals surface area contributed by atoms with Gasteiger partial charge in [0.2, 0.25) is 5.13 Å². The Bertz CT molecular complexity index is 801. The van der Waals surface area contributed by atoms with Crippen molar-refractivity contribution in [2.75, 3.05) is 18.2 Å². The van der Waals surface area contributed by atoms with E-state index in [1.165, 1.54) is 22.7 Å². The largest absolute Gasteiger partial charge is 0.497 e. The van der Waals surface area contributed by atoms with Crippen LogP contribution in [-0.4, -0.2) is 28.8 Å². The average molecular weight is 392 g/mol. The van der Waals surface area contributed by atoms with Crippen LogP contribution in [0.15, 0.2) is 46.1 Å². The molecule has 0 saturated heterocycles. The first-order valence-corrected chi connectivity index (χ1v) is 10.4. The summed E-state index contributed by atoms with van der Waals surface area (Å²) < 4.78 is 6.04. The van der Waals surface area contributed by atoms with Crippen molar-refractivity contribution in [3.05, 3.63) is 46.7 Å². The fraction of sp³-hybridized carbons (Fsp3) is 0.235. The number of hydrogen-bond acceptors (Lipinski definition) is 8. The van der Waals surface area contributed by atoms with Gasteiger partial charge in [-0.1, -0.05) is 29.2 Å². The summed E-state index contributed by atoms with van der Waals surface area (Å²) >= 11 is 4.64. The summed E-state index contributed by atoms with van der Waals surface area (Å²) in [5.74, 6) is 1.89. The summed E-state index contributed by atoms with van der Waals surface area (Å²) in [5.41, 5.74) is 0.940. The molecule has 1 N–H and O–H groups in total. The minimum Gasteiger partial charge on any atom is -0.497 e. The average Bonchev–Trinajstić information content (AvgIpc) is 3.31. The van der Waals surface area contributed by atoms with Crippen LogP contribution in [0.4, 0.5) is 10.8 Å². The quantitative estimate of drug-likeness (QED) is 0.311. The first-order valence-electron chi connectivity index (χ1n) is 7.68. The van der Waals surface area contributed by atoms with E-state index >= 15 is 0 Å². The molecule has 0 unspecified atom stereocenters. The Kier molecular flexibility index (Phi) is 6.43. The number of methoxy groups -OCH3 is 1. The fourth-order valence-electron chi connectivity index (χ4n) is 2.07. The maximum atomic E-state index is 11.9. The van der Waals surface area contributed by atoms with Crippen molar-refractivity contribution < 1.29 is 9.53 Å². The van der Waals surface area contributed by atoms with Crippen LogP contribution in [0, 0.1) is 0 Å². The monoisotopic (exact) mass is 391 g/mol. The van der Waals surface area contributed by atoms with Crippen molar-refractivity contribution in [3.8, 4) is 5.75 Å². The molecule has 25 heavy (non-hydrogen) atoms. The van der Waals surface area contributed by atoms with E-state index in [-0.39, 0.29) is 5.78 Å². The highest BCUT2D eigenvalue weighted by atomic mass is 32.2. The van der Waals surface area contributed by atoms with Gasteiger partial charge in [0.25, 0.3) is 0 Å². The Morgan fingerprint density at radius 1 is 1.24 bits per heavy atom. The zero-order chi connectivity index (χ0) is 17.5. The lowest BCUT2D eigenvalue weighted by molar-refractivity contribution is 0.0986. The van der Waals surface area contributed by atoms with Crippen LogP contribution in [0.2, 0.25) is 0 Å². The van der Waals surface area contributed by atoms with Crippen LogP contribution in [0.25, 0.3) is 0 Å². The number of rotatable bonds is 9. The standard InChI is InChI=1S/C17H17N3O2S3/c1-22-13-8-6-12(7-9-13)18-16-19-20-17(25-16)24-11-2-4-14(21)15-5-3-10-23-15/h3,5-10H,2,4,11H2,1H3,(H,18,19). The minimum absolute atomic E-state index is 0.217. The van der Waals surface area contributed by atoms with Crippen LogP contribution in [0.1, 0.15) is 22.5 Å². The third-order valence-corrected chi connectivity index (χ3v) is 6.29. The smallest absolute Gasteiger partial charge is 0.210 e. The van der Waals surface area contributed by atoms with Crippen molar-refractivity contribution in [2.24, 2.45) is 0 Å². The molecule has 8 heteroatoms. The molecule has 0 spiro atoms. The van der Waals surface area contributed by atoms with E-state index in [0.29, 0.717) is 6.42 Å². The van der Waals surface area contributed by atoms with Gasteiger partial charge in [-0.2, -0.15) is 0 Å². The minimum atomic E-state index is 0.217. The number of aromatic nitrogens is 2. The molecular weight excluding hydrogens is 374 g/mol. The second-order valence-corrected chi connectivity index (χ2v) is 8.35. The molecule has 0 saturated carbocycles. The molecule has 5 nitrogen and oxygen atoms in total. The summed E-state index contributed by atoms with van der Waals surface area (Å²) in [4.78, 5) is 12.8. The summed E-state index contributed by atoms with van der Waals surface area (Å²) in [7, 11) is 1.64. The van der Waals surface area contributed by atoms with Crippen molar-refractivity contribution >= 4 is 51.0 Å². The van der Waals surface area contributed by atoms with Crippen molar-refractivity contribution in [2.45, 2.75) is 17.2 Å². The lowest BCUT2D eigenvalue weighted by atomic mass is 10.2. The Balaban J connectivity index is 1.43. The Morgan fingerprint density at radius 2 is 2.08 bits per heavy atom. The maximum absolute atomic E-state index is 11.9. The van der Waals surface area contributed by atoms with E-state index in [1.807, 2.05) is 41.8 Å². The highest BCUT2D eigenvalue weighted by Gasteiger charge is 2.08. The predicted molar refractivity (Wildman–Crippen MR) is 105 cm³/mol. The second kappa shape index (κ2) is 8.98. The molecule has 2 aromatic heterocycles. The zero-order valence-electron chi connectivity index (χ0n) is 13.6. The van der Waals surface area contributed by atoms with E-state index in [1.54, 1.807) is 18.9 Å². The predicted octanol–water partition coefficient (Wildman–Crippen LogP) is 5.11. The number of benzene rings is 1. The number of anilines is 2. The zero-order valence-corrected chi connectivity index (χ0v) is 16.0. The molecule has 3 rings (SSSR count). The summed E-state index contributed by atoms with van der Waals surface area (Å²) in [6.45, 7) is 0. The number of ether oxygens (including phenoxy) is 1. The Hall–Kier alpha value is -1.90. The highest BCUT2D eigenvalue weighted by Crippen LogP contribution is 2.29. The Labute approximate surface area is 158 Å². The van der Waals surface area contributed by atoms with Gasteiger partial charge >= 0.3 is 0 Å². The number of Topliss-reactive ketones (excluding diaryl/α,β-unsaturated/α-hetero) is 1. The lowest BCUT2D eigenvalue weighted by Gasteiger charge is -2.03. The Morgan fingerprint density at radius 3 is 2.80 bits per heavy atom. The van der Waals surface area contributed by atoms with E-state index in [4.69, 9.17) is 4.74 Å². The van der Waals surface area contributed by atoms with Gasteiger partial charge in [-0.25, -0.2) is 0 Å². The van der Waals surface area contributed by atoms with Gasteiger partial charge < -0.3 is 10.1 Å². The van der Waals surface area contributed by atoms with Crippen molar-refractivity contribution in [1.82, 2.24) is 10.2 Å². The van der Waals surface area contributed by atoms with Gasteiger partial charge in [0.1, 0.15) is 5.75 Å². The van der Waals surface area contributed by atoms with Crippen LogP contribution >= 0.6 is 34.4 Å². The lowest BCUT2D eigenvalue weighted by Crippen LogP contribution is -1.96. The number of carbonyl (C=O) groups excluding carboxylic acids is 1. The summed E-state index contributed by atoms with van der Waals surface area (Å²) in [5, 5.41) is 14.2. The fourth-order valence-corrected chi connectivity index (χ4v) is 4.55. The molecule has 0 aliphatic heterocycles. The first kappa shape index (κ1) is 17.9. The third kappa shape index (κ3) is 5.29. The van der Waals surface area contributed by atoms with E-state index < -0.39 is 0 Å². The number of nitrogens with one attached hydrogen (secondary N) is 1. The molecule has 2 heterocycles. The molecule has 0 aliphatic carbocycles. The van der Waals surface area contributed by atoms with E-state index in [9.17, 15) is 4.79 Å². The maximum Gasteiger partial charge on any atom is 0.210 e. The molecule has 130 valence electrons. The molecule has 0 fully saturated rings. The highest BCUT2D eigenvalue weighted by molar-refractivity contribution is 8.01. The van der Waals surface area contributed by atoms with Crippen molar-refractivity contribution in [3.63, 3.8) is 0 Å². The summed E-state index contributed by atoms with van der Waals surface area (Å²) in [6.07, 6.45) is 1.41. The van der Waals surface area contributed by atoms with Crippen molar-refractivity contribution in [1.29, 1.82) is 0 Å². The van der Waals surface area contributed by atoms with Gasteiger partial charge in [0, 0.05) is 17.9 Å². The number of hydrogen-bond donors (Lipinski definition) is 1. The molecule has 0 amide bonds. The van der Waals surface area contributed by atoms with Gasteiger partial charge in [0.05, 0.1) is 12.0 Å². The SMILES string of the molecule is COc1ccc(Nc2nnc(SCCCC(=O)c3cccs3)s2)cc1. The third-order valence-electron chi connectivity index (χ3n) is 3.32. The number of ketones is 1. The van der Waals surface area contributed by atoms with Gasteiger partial charge in [0.15, 0.2) is 10.1 Å². The molecule has 3 aromatic rings. The van der Waals surface area contributed by atoms with Gasteiger partial charge in [-0.05, 0) is 42.1 Å². The molecule has 1 aromatic carbocycles. The van der Waals surface area contributed by atoms with Gasteiger partial charge in [-0.15, -0.1) is 21.5 Å². The first-order chi connectivity index (χ1) is 12.2.